The molecule has 2 heterocycles. The van der Waals surface area contributed by atoms with Crippen molar-refractivity contribution in [2.75, 3.05) is 6.61 Å². The van der Waals surface area contributed by atoms with E-state index < -0.39 is 6.10 Å². The van der Waals surface area contributed by atoms with E-state index in [2.05, 4.69) is 20.3 Å². The van der Waals surface area contributed by atoms with Crippen molar-refractivity contribution < 1.29 is 10.2 Å². The van der Waals surface area contributed by atoms with E-state index in [0.29, 0.717) is 18.5 Å². The molecule has 0 radical (unpaired) electrons. The molecule has 2 aromatic rings. The molecule has 96 valence electrons. The smallest absolute Gasteiger partial charge is 0.280 e. The summed E-state index contributed by atoms with van der Waals surface area (Å²) in [5, 5.41) is 26.6. The van der Waals surface area contributed by atoms with Crippen LogP contribution in [-0.4, -0.2) is 47.9 Å². The number of fused-ring (bicyclic) bond motifs is 1. The van der Waals surface area contributed by atoms with Crippen molar-refractivity contribution in [3.8, 4) is 0 Å². The zero-order valence-electron chi connectivity index (χ0n) is 9.52. The van der Waals surface area contributed by atoms with E-state index in [-0.39, 0.29) is 29.6 Å². The van der Waals surface area contributed by atoms with Crippen LogP contribution in [-0.2, 0) is 0 Å². The summed E-state index contributed by atoms with van der Waals surface area (Å²) >= 11 is 0. The van der Waals surface area contributed by atoms with E-state index in [9.17, 15) is 9.90 Å². The van der Waals surface area contributed by atoms with Gasteiger partial charge in [0.15, 0.2) is 11.2 Å². The predicted molar refractivity (Wildman–Crippen MR) is 60.8 cm³/mol. The highest BCUT2D eigenvalue weighted by atomic mass is 16.3. The van der Waals surface area contributed by atoms with E-state index in [0.717, 1.165) is 0 Å². The molecule has 0 unspecified atom stereocenters. The van der Waals surface area contributed by atoms with Crippen LogP contribution in [0.15, 0.2) is 11.1 Å². The van der Waals surface area contributed by atoms with Crippen LogP contribution in [0.5, 0.6) is 0 Å². The van der Waals surface area contributed by atoms with Crippen molar-refractivity contribution in [2.24, 2.45) is 5.92 Å². The maximum atomic E-state index is 11.5. The lowest BCUT2D eigenvalue weighted by Crippen LogP contribution is -2.16. The first kappa shape index (κ1) is 11.3. The molecule has 0 spiro atoms. The standard InChI is InChI=1S/C10H13N5O3/c16-3-5-1-6(2-7(5)17)15-9-8(13-14-15)10(18)12-4-11-9/h4-7,16-17H,1-3H2,(H,11,12,18)/t5-,6-,7+/m0/s1. The van der Waals surface area contributed by atoms with Crippen LogP contribution in [0.2, 0.25) is 0 Å². The minimum atomic E-state index is -0.554. The highest BCUT2D eigenvalue weighted by molar-refractivity contribution is 5.67. The van der Waals surface area contributed by atoms with Crippen molar-refractivity contribution in [3.05, 3.63) is 16.7 Å². The summed E-state index contributed by atoms with van der Waals surface area (Å²) in [4.78, 5) is 18.0. The molecule has 8 heteroatoms. The average Bonchev–Trinajstić information content (AvgIpc) is 2.93. The van der Waals surface area contributed by atoms with Gasteiger partial charge in [-0.25, -0.2) is 9.67 Å². The monoisotopic (exact) mass is 251 g/mol. The Kier molecular flexibility index (Phi) is 2.60. The van der Waals surface area contributed by atoms with Crippen LogP contribution >= 0.6 is 0 Å². The summed E-state index contributed by atoms with van der Waals surface area (Å²) in [7, 11) is 0. The molecule has 1 aliphatic rings. The van der Waals surface area contributed by atoms with E-state index in [1.165, 1.54) is 6.33 Å². The third-order valence-corrected chi connectivity index (χ3v) is 3.48. The molecule has 1 saturated carbocycles. The number of aromatic amines is 1. The molecule has 0 saturated heterocycles. The third kappa shape index (κ3) is 1.61. The zero-order valence-corrected chi connectivity index (χ0v) is 9.52. The van der Waals surface area contributed by atoms with E-state index in [1.54, 1.807) is 4.68 Å². The molecule has 3 rings (SSSR count). The SMILES string of the molecule is O=c1[nH]cnc2c1nnn2[C@H]1C[C@@H](CO)[C@H](O)C1. The predicted octanol–water partition coefficient (Wildman–Crippen LogP) is -1.18. The van der Waals surface area contributed by atoms with Gasteiger partial charge in [0.05, 0.1) is 18.5 Å². The molecule has 0 bridgehead atoms. The molecule has 1 fully saturated rings. The van der Waals surface area contributed by atoms with Crippen LogP contribution in [0.25, 0.3) is 11.2 Å². The molecule has 2 aromatic heterocycles. The summed E-state index contributed by atoms with van der Waals surface area (Å²) in [5.74, 6) is -0.156. The van der Waals surface area contributed by atoms with Gasteiger partial charge in [-0.1, -0.05) is 5.21 Å². The second-order valence-corrected chi connectivity index (χ2v) is 4.57. The summed E-state index contributed by atoms with van der Waals surface area (Å²) < 4.78 is 1.56. The second kappa shape index (κ2) is 4.14. The van der Waals surface area contributed by atoms with Gasteiger partial charge in [-0.05, 0) is 12.8 Å². The van der Waals surface area contributed by atoms with Gasteiger partial charge in [0.1, 0.15) is 0 Å². The van der Waals surface area contributed by atoms with Gasteiger partial charge in [-0.2, -0.15) is 0 Å². The number of hydrogen-bond donors (Lipinski definition) is 3. The van der Waals surface area contributed by atoms with Gasteiger partial charge in [0, 0.05) is 12.5 Å². The lowest BCUT2D eigenvalue weighted by molar-refractivity contribution is 0.0906. The summed E-state index contributed by atoms with van der Waals surface area (Å²) in [5.41, 5.74) is 0.275. The Hall–Kier alpha value is -1.80. The molecule has 0 aromatic carbocycles. The number of aliphatic hydroxyl groups is 2. The summed E-state index contributed by atoms with van der Waals surface area (Å²) in [6.45, 7) is -0.0572. The normalized spacial score (nSPS) is 28.0. The minimum Gasteiger partial charge on any atom is -0.396 e. The van der Waals surface area contributed by atoms with Crippen LogP contribution < -0.4 is 5.56 Å². The molecule has 3 N–H and O–H groups in total. The Bertz CT molecular complexity index is 621. The summed E-state index contributed by atoms with van der Waals surface area (Å²) in [6.07, 6.45) is 1.84. The summed E-state index contributed by atoms with van der Waals surface area (Å²) in [6, 6.07) is -0.0866. The molecule has 0 amide bonds. The van der Waals surface area contributed by atoms with Gasteiger partial charge in [0.2, 0.25) is 0 Å². The molecule has 1 aliphatic carbocycles. The Morgan fingerprint density at radius 1 is 1.50 bits per heavy atom. The first-order valence-corrected chi connectivity index (χ1v) is 5.78. The van der Waals surface area contributed by atoms with E-state index in [1.807, 2.05) is 0 Å². The number of nitrogens with one attached hydrogen (secondary N) is 1. The van der Waals surface area contributed by atoms with Crippen molar-refractivity contribution in [1.29, 1.82) is 0 Å². The van der Waals surface area contributed by atoms with E-state index in [4.69, 9.17) is 5.11 Å². The maximum absolute atomic E-state index is 11.5. The van der Waals surface area contributed by atoms with Crippen molar-refractivity contribution in [2.45, 2.75) is 25.0 Å². The molecular weight excluding hydrogens is 238 g/mol. The van der Waals surface area contributed by atoms with Crippen molar-refractivity contribution >= 4 is 11.2 Å². The fourth-order valence-electron chi connectivity index (χ4n) is 2.49. The Labute approximate surface area is 101 Å². The number of rotatable bonds is 2. The molecule has 8 nitrogen and oxygen atoms in total. The quantitative estimate of drug-likeness (QED) is 0.618. The van der Waals surface area contributed by atoms with Gasteiger partial charge < -0.3 is 15.2 Å². The van der Waals surface area contributed by atoms with Gasteiger partial charge in [-0.3, -0.25) is 4.79 Å². The third-order valence-electron chi connectivity index (χ3n) is 3.48. The van der Waals surface area contributed by atoms with Crippen LogP contribution in [0.1, 0.15) is 18.9 Å². The highest BCUT2D eigenvalue weighted by Crippen LogP contribution is 2.34. The highest BCUT2D eigenvalue weighted by Gasteiger charge is 2.35. The molecule has 3 atom stereocenters. The largest absolute Gasteiger partial charge is 0.396 e. The fourth-order valence-corrected chi connectivity index (χ4v) is 2.49. The van der Waals surface area contributed by atoms with Crippen molar-refractivity contribution in [3.63, 3.8) is 0 Å². The van der Waals surface area contributed by atoms with Crippen LogP contribution in [0.4, 0.5) is 0 Å². The van der Waals surface area contributed by atoms with Crippen LogP contribution in [0, 0.1) is 5.92 Å². The lowest BCUT2D eigenvalue weighted by atomic mass is 10.1. The van der Waals surface area contributed by atoms with Gasteiger partial charge in [0.25, 0.3) is 5.56 Å². The second-order valence-electron chi connectivity index (χ2n) is 4.57. The Morgan fingerprint density at radius 3 is 3.06 bits per heavy atom. The van der Waals surface area contributed by atoms with E-state index >= 15 is 0 Å². The van der Waals surface area contributed by atoms with Gasteiger partial charge in [-0.15, -0.1) is 5.10 Å². The minimum absolute atomic E-state index is 0.0572. The molecule has 0 aliphatic heterocycles. The number of aliphatic hydroxyl groups excluding tert-OH is 2. The number of hydrogen-bond acceptors (Lipinski definition) is 6. The average molecular weight is 251 g/mol. The zero-order chi connectivity index (χ0) is 12.7. The molecule has 18 heavy (non-hydrogen) atoms. The molecular formula is C10H13N5O3. The number of aromatic nitrogens is 5. The first-order chi connectivity index (χ1) is 8.70. The lowest BCUT2D eigenvalue weighted by Gasteiger charge is -2.09. The van der Waals surface area contributed by atoms with Crippen LogP contribution in [0.3, 0.4) is 0 Å². The Balaban J connectivity index is 2.01. The topological polar surface area (TPSA) is 117 Å². The maximum Gasteiger partial charge on any atom is 0.280 e. The fraction of sp³-hybridized carbons (Fsp3) is 0.600. The first-order valence-electron chi connectivity index (χ1n) is 5.78. The number of H-pyrrole nitrogens is 1. The number of nitrogens with zero attached hydrogens (tertiary/aromatic N) is 4. The van der Waals surface area contributed by atoms with Gasteiger partial charge >= 0.3 is 0 Å². The Morgan fingerprint density at radius 2 is 2.33 bits per heavy atom. The van der Waals surface area contributed by atoms with Crippen molar-refractivity contribution in [1.82, 2.24) is 25.0 Å².